The molecule has 29 heavy (non-hydrogen) atoms. The zero-order chi connectivity index (χ0) is 20.8. The van der Waals surface area contributed by atoms with Crippen molar-refractivity contribution in [2.24, 2.45) is 0 Å². The van der Waals surface area contributed by atoms with Crippen LogP contribution in [0.25, 0.3) is 0 Å². The molecule has 2 amide bonds. The zero-order valence-corrected chi connectivity index (χ0v) is 17.2. The van der Waals surface area contributed by atoms with Crippen molar-refractivity contribution < 1.29 is 19.1 Å². The lowest BCUT2D eigenvalue weighted by Crippen LogP contribution is -2.50. The largest absolute Gasteiger partial charge is 0.497 e. The van der Waals surface area contributed by atoms with Gasteiger partial charge in [0.1, 0.15) is 11.5 Å². The minimum Gasteiger partial charge on any atom is -0.497 e. The molecule has 0 bridgehead atoms. The molecule has 1 fully saturated rings. The molecule has 0 atom stereocenters. The summed E-state index contributed by atoms with van der Waals surface area (Å²) in [6, 6.07) is 12.3. The molecular weight excluding hydrogens is 394 g/mol. The lowest BCUT2D eigenvalue weighted by Gasteiger charge is -2.34. The number of para-hydroxylation sites is 1. The van der Waals surface area contributed by atoms with Gasteiger partial charge < -0.3 is 19.7 Å². The summed E-state index contributed by atoms with van der Waals surface area (Å²) in [6.45, 7) is 2.56. The lowest BCUT2D eigenvalue weighted by atomic mass is 10.1. The Morgan fingerprint density at radius 1 is 1.00 bits per heavy atom. The first-order chi connectivity index (χ1) is 14.0. The third-order valence-corrected chi connectivity index (χ3v) is 5.10. The van der Waals surface area contributed by atoms with E-state index in [1.165, 1.54) is 0 Å². The summed E-state index contributed by atoms with van der Waals surface area (Å²) < 4.78 is 10.5. The molecule has 2 aromatic carbocycles. The maximum absolute atomic E-state index is 12.8. The number of anilines is 1. The first-order valence-electron chi connectivity index (χ1n) is 9.29. The summed E-state index contributed by atoms with van der Waals surface area (Å²) >= 11 is 6.08. The second-order valence-electron chi connectivity index (χ2n) is 6.70. The van der Waals surface area contributed by atoms with Crippen LogP contribution in [0.3, 0.4) is 0 Å². The average molecular weight is 418 g/mol. The van der Waals surface area contributed by atoms with Crippen LogP contribution in [0, 0.1) is 0 Å². The van der Waals surface area contributed by atoms with Crippen molar-refractivity contribution in [2.45, 2.75) is 0 Å². The number of piperazine rings is 1. The van der Waals surface area contributed by atoms with E-state index < -0.39 is 0 Å². The summed E-state index contributed by atoms with van der Waals surface area (Å²) in [5.74, 6) is 0.933. The number of nitrogens with zero attached hydrogens (tertiary/aromatic N) is 2. The van der Waals surface area contributed by atoms with Gasteiger partial charge in [-0.25, -0.2) is 0 Å². The molecule has 0 aliphatic carbocycles. The number of rotatable bonds is 6. The molecule has 8 heteroatoms. The van der Waals surface area contributed by atoms with Crippen molar-refractivity contribution in [1.82, 2.24) is 9.80 Å². The lowest BCUT2D eigenvalue weighted by molar-refractivity contribution is -0.117. The smallest absolute Gasteiger partial charge is 0.254 e. The number of carbonyl (C=O) groups is 2. The van der Waals surface area contributed by atoms with Gasteiger partial charge in [-0.2, -0.15) is 0 Å². The van der Waals surface area contributed by atoms with Gasteiger partial charge in [0.2, 0.25) is 5.91 Å². The fourth-order valence-electron chi connectivity index (χ4n) is 3.18. The van der Waals surface area contributed by atoms with Gasteiger partial charge in [0.25, 0.3) is 5.91 Å². The number of carbonyl (C=O) groups excluding carboxylic acids is 2. The standard InChI is InChI=1S/C21H24ClN3O4/c1-28-16-11-15(12-17(13-16)29-2)21(27)25-9-7-24(8-10-25)14-20(26)23-19-6-4-3-5-18(19)22/h3-6,11-13H,7-10,14H2,1-2H3,(H,23,26). The molecule has 1 N–H and O–H groups in total. The minimum absolute atomic E-state index is 0.0811. The summed E-state index contributed by atoms with van der Waals surface area (Å²) in [4.78, 5) is 28.9. The monoisotopic (exact) mass is 417 g/mol. The minimum atomic E-state index is -0.129. The Morgan fingerprint density at radius 2 is 1.62 bits per heavy atom. The number of hydrogen-bond acceptors (Lipinski definition) is 5. The highest BCUT2D eigenvalue weighted by Crippen LogP contribution is 2.24. The summed E-state index contributed by atoms with van der Waals surface area (Å²) in [5.41, 5.74) is 1.12. The fourth-order valence-corrected chi connectivity index (χ4v) is 3.36. The maximum Gasteiger partial charge on any atom is 0.254 e. The van der Waals surface area contributed by atoms with E-state index in [1.54, 1.807) is 49.5 Å². The van der Waals surface area contributed by atoms with Gasteiger partial charge in [-0.05, 0) is 24.3 Å². The van der Waals surface area contributed by atoms with E-state index in [1.807, 2.05) is 17.0 Å². The van der Waals surface area contributed by atoms with Crippen molar-refractivity contribution in [3.8, 4) is 11.5 Å². The summed E-state index contributed by atoms with van der Waals surface area (Å²) in [5, 5.41) is 3.33. The highest BCUT2D eigenvalue weighted by atomic mass is 35.5. The van der Waals surface area contributed by atoms with Crippen molar-refractivity contribution >= 4 is 29.1 Å². The molecule has 154 valence electrons. The van der Waals surface area contributed by atoms with E-state index in [0.29, 0.717) is 54.0 Å². The van der Waals surface area contributed by atoms with Gasteiger partial charge in [0.05, 0.1) is 31.5 Å². The van der Waals surface area contributed by atoms with Crippen molar-refractivity contribution in [2.75, 3.05) is 52.3 Å². The Bertz CT molecular complexity index is 860. The van der Waals surface area contributed by atoms with Crippen LogP contribution in [0.4, 0.5) is 5.69 Å². The van der Waals surface area contributed by atoms with E-state index in [-0.39, 0.29) is 18.4 Å². The van der Waals surface area contributed by atoms with Crippen LogP contribution >= 0.6 is 11.6 Å². The third kappa shape index (κ3) is 5.40. The molecule has 0 saturated carbocycles. The van der Waals surface area contributed by atoms with Crippen LogP contribution in [0.1, 0.15) is 10.4 Å². The molecule has 1 aliphatic heterocycles. The first-order valence-corrected chi connectivity index (χ1v) is 9.67. The quantitative estimate of drug-likeness (QED) is 0.782. The summed E-state index contributed by atoms with van der Waals surface area (Å²) in [6.07, 6.45) is 0. The number of benzene rings is 2. The maximum atomic E-state index is 12.8. The van der Waals surface area contributed by atoms with Gasteiger partial charge in [0.15, 0.2) is 0 Å². The molecule has 1 saturated heterocycles. The highest BCUT2D eigenvalue weighted by molar-refractivity contribution is 6.33. The Labute approximate surface area is 175 Å². The molecule has 0 aromatic heterocycles. The number of hydrogen-bond donors (Lipinski definition) is 1. The molecule has 0 radical (unpaired) electrons. The molecular formula is C21H24ClN3O4. The SMILES string of the molecule is COc1cc(OC)cc(C(=O)N2CCN(CC(=O)Nc3ccccc3Cl)CC2)c1. The van der Waals surface area contributed by atoms with E-state index in [0.717, 1.165) is 0 Å². The molecule has 2 aromatic rings. The van der Waals surface area contributed by atoms with Crippen LogP contribution in [-0.4, -0.2) is 68.6 Å². The normalized spacial score (nSPS) is 14.4. The predicted molar refractivity (Wildman–Crippen MR) is 112 cm³/mol. The second kappa shape index (κ2) is 9.62. The third-order valence-electron chi connectivity index (χ3n) is 4.77. The van der Waals surface area contributed by atoms with Crippen LogP contribution in [0.15, 0.2) is 42.5 Å². The van der Waals surface area contributed by atoms with E-state index in [9.17, 15) is 9.59 Å². The summed E-state index contributed by atoms with van der Waals surface area (Å²) in [7, 11) is 3.10. The van der Waals surface area contributed by atoms with Crippen LogP contribution in [0.2, 0.25) is 5.02 Å². The average Bonchev–Trinajstić information content (AvgIpc) is 2.75. The Balaban J connectivity index is 1.54. The number of methoxy groups -OCH3 is 2. The van der Waals surface area contributed by atoms with E-state index in [4.69, 9.17) is 21.1 Å². The molecule has 7 nitrogen and oxygen atoms in total. The van der Waals surface area contributed by atoms with Crippen molar-refractivity contribution in [3.05, 3.63) is 53.1 Å². The topological polar surface area (TPSA) is 71.1 Å². The first kappa shape index (κ1) is 21.0. The van der Waals surface area contributed by atoms with Crippen molar-refractivity contribution in [3.63, 3.8) is 0 Å². The Morgan fingerprint density at radius 3 is 2.21 bits per heavy atom. The van der Waals surface area contributed by atoms with E-state index >= 15 is 0 Å². The van der Waals surface area contributed by atoms with Crippen LogP contribution in [-0.2, 0) is 4.79 Å². The van der Waals surface area contributed by atoms with Gasteiger partial charge >= 0.3 is 0 Å². The molecule has 0 spiro atoms. The van der Waals surface area contributed by atoms with Gasteiger partial charge in [0, 0.05) is 37.8 Å². The molecule has 3 rings (SSSR count). The second-order valence-corrected chi connectivity index (χ2v) is 7.10. The number of halogens is 1. The van der Waals surface area contributed by atoms with Gasteiger partial charge in [-0.15, -0.1) is 0 Å². The van der Waals surface area contributed by atoms with Gasteiger partial charge in [-0.1, -0.05) is 23.7 Å². The molecule has 1 aliphatic rings. The Kier molecular flexibility index (Phi) is 6.95. The van der Waals surface area contributed by atoms with Gasteiger partial charge in [-0.3, -0.25) is 14.5 Å². The number of amides is 2. The molecule has 0 unspecified atom stereocenters. The predicted octanol–water partition coefficient (Wildman–Crippen LogP) is 2.75. The van der Waals surface area contributed by atoms with Crippen LogP contribution in [0.5, 0.6) is 11.5 Å². The number of ether oxygens (including phenoxy) is 2. The number of nitrogens with one attached hydrogen (secondary N) is 1. The van der Waals surface area contributed by atoms with Crippen LogP contribution < -0.4 is 14.8 Å². The van der Waals surface area contributed by atoms with Crippen molar-refractivity contribution in [1.29, 1.82) is 0 Å². The molecule has 1 heterocycles. The Hall–Kier alpha value is -2.77. The zero-order valence-electron chi connectivity index (χ0n) is 16.5. The fraction of sp³-hybridized carbons (Fsp3) is 0.333. The van der Waals surface area contributed by atoms with E-state index in [2.05, 4.69) is 5.32 Å². The highest BCUT2D eigenvalue weighted by Gasteiger charge is 2.24.